The van der Waals surface area contributed by atoms with Crippen molar-refractivity contribution >= 4 is 5.97 Å². The zero-order valence-electron chi connectivity index (χ0n) is 10.0. The molecule has 0 saturated carbocycles. The topological polar surface area (TPSA) is 29.5 Å². The minimum absolute atomic E-state index is 0.243. The summed E-state index contributed by atoms with van der Waals surface area (Å²) in [6.07, 6.45) is 1.78. The molecule has 0 bridgehead atoms. The summed E-state index contributed by atoms with van der Waals surface area (Å²) in [5.74, 6) is -0.243. The Kier molecular flexibility index (Phi) is 3.89. The molecule has 14 heavy (non-hydrogen) atoms. The Morgan fingerprint density at radius 2 is 1.79 bits per heavy atom. The van der Waals surface area contributed by atoms with Crippen LogP contribution >= 0.6 is 0 Å². The van der Waals surface area contributed by atoms with Crippen LogP contribution in [0.3, 0.4) is 0 Å². The van der Waals surface area contributed by atoms with E-state index in [4.69, 9.17) is 4.74 Å². The first kappa shape index (κ1) is 13.2. The molecule has 0 aliphatic rings. The highest BCUT2D eigenvalue weighted by molar-refractivity contribution is 5.81. The van der Waals surface area contributed by atoms with Gasteiger partial charge < -0.3 is 4.74 Å². The van der Waals surface area contributed by atoms with E-state index in [-0.39, 0.29) is 11.4 Å². The van der Waals surface area contributed by atoms with Gasteiger partial charge in [0.05, 0.1) is 7.11 Å². The largest absolute Gasteiger partial charge is 0.468 e. The lowest BCUT2D eigenvalue weighted by molar-refractivity contribution is -0.158. The number of carbonyl (C=O) groups excluding carboxylic acids is 1. The maximum atomic E-state index is 11.8. The normalized spacial score (nSPS) is 16.2. The van der Waals surface area contributed by atoms with Gasteiger partial charge in [-0.3, -0.25) is 9.69 Å². The lowest BCUT2D eigenvalue weighted by Crippen LogP contribution is -2.58. The van der Waals surface area contributed by atoms with Crippen LogP contribution in [0.2, 0.25) is 0 Å². The fourth-order valence-corrected chi connectivity index (χ4v) is 1.42. The van der Waals surface area contributed by atoms with Gasteiger partial charge in [-0.15, -0.1) is 6.58 Å². The van der Waals surface area contributed by atoms with Crippen LogP contribution in [0.1, 0.15) is 20.8 Å². The fraction of sp³-hybridized carbons (Fsp3) is 0.727. The molecule has 0 radical (unpaired) electrons. The first-order chi connectivity index (χ1) is 6.24. The molecule has 82 valence electrons. The SMILES string of the molecule is C=CC(C)(C)[C@@](C)(C(=O)OC)N(C)C. The van der Waals surface area contributed by atoms with E-state index < -0.39 is 5.54 Å². The van der Waals surface area contributed by atoms with Gasteiger partial charge in [-0.1, -0.05) is 19.9 Å². The highest BCUT2D eigenvalue weighted by atomic mass is 16.5. The van der Waals surface area contributed by atoms with E-state index in [1.54, 1.807) is 6.08 Å². The van der Waals surface area contributed by atoms with Crippen LogP contribution in [0.4, 0.5) is 0 Å². The van der Waals surface area contributed by atoms with Crippen LogP contribution < -0.4 is 0 Å². The van der Waals surface area contributed by atoms with Crippen molar-refractivity contribution < 1.29 is 9.53 Å². The van der Waals surface area contributed by atoms with Crippen molar-refractivity contribution in [3.05, 3.63) is 12.7 Å². The van der Waals surface area contributed by atoms with E-state index in [0.29, 0.717) is 0 Å². The summed E-state index contributed by atoms with van der Waals surface area (Å²) in [4.78, 5) is 13.6. The molecule has 0 aliphatic carbocycles. The van der Waals surface area contributed by atoms with Crippen LogP contribution in [-0.4, -0.2) is 37.6 Å². The lowest BCUT2D eigenvalue weighted by Gasteiger charge is -2.44. The summed E-state index contributed by atoms with van der Waals surface area (Å²) in [6, 6.07) is 0. The number of rotatable bonds is 4. The molecule has 0 unspecified atom stereocenters. The number of carbonyl (C=O) groups is 1. The van der Waals surface area contributed by atoms with E-state index in [1.807, 2.05) is 39.8 Å². The van der Waals surface area contributed by atoms with Crippen LogP contribution in [0, 0.1) is 5.41 Å². The molecular weight excluding hydrogens is 178 g/mol. The Morgan fingerprint density at radius 3 is 2.00 bits per heavy atom. The van der Waals surface area contributed by atoms with E-state index in [0.717, 1.165) is 0 Å². The predicted octanol–water partition coefficient (Wildman–Crippen LogP) is 1.69. The Labute approximate surface area is 86.7 Å². The van der Waals surface area contributed by atoms with Crippen molar-refractivity contribution in [2.75, 3.05) is 21.2 Å². The number of ether oxygens (including phenoxy) is 1. The number of methoxy groups -OCH3 is 1. The second kappa shape index (κ2) is 4.13. The summed E-state index contributed by atoms with van der Waals surface area (Å²) in [7, 11) is 5.13. The van der Waals surface area contributed by atoms with Gasteiger partial charge >= 0.3 is 5.97 Å². The van der Waals surface area contributed by atoms with Crippen molar-refractivity contribution in [3.8, 4) is 0 Å². The molecule has 0 spiro atoms. The van der Waals surface area contributed by atoms with Crippen molar-refractivity contribution in [1.29, 1.82) is 0 Å². The minimum atomic E-state index is -0.691. The molecule has 0 heterocycles. The Morgan fingerprint density at radius 1 is 1.36 bits per heavy atom. The maximum Gasteiger partial charge on any atom is 0.326 e. The number of hydrogen-bond acceptors (Lipinski definition) is 3. The molecule has 0 aliphatic heterocycles. The summed E-state index contributed by atoms with van der Waals surface area (Å²) in [6.45, 7) is 9.56. The number of hydrogen-bond donors (Lipinski definition) is 0. The van der Waals surface area contributed by atoms with Crippen molar-refractivity contribution in [3.63, 3.8) is 0 Å². The first-order valence-electron chi connectivity index (χ1n) is 4.63. The molecule has 0 N–H and O–H groups in total. The van der Waals surface area contributed by atoms with Gasteiger partial charge in [-0.2, -0.15) is 0 Å². The zero-order valence-corrected chi connectivity index (χ0v) is 10.0. The van der Waals surface area contributed by atoms with Gasteiger partial charge in [0.2, 0.25) is 0 Å². The van der Waals surface area contributed by atoms with Gasteiger partial charge in [0.1, 0.15) is 5.54 Å². The summed E-state index contributed by atoms with van der Waals surface area (Å²) in [5, 5.41) is 0. The molecule has 0 amide bonds. The summed E-state index contributed by atoms with van der Waals surface area (Å²) < 4.78 is 4.84. The average molecular weight is 199 g/mol. The third-order valence-electron chi connectivity index (χ3n) is 3.24. The van der Waals surface area contributed by atoms with E-state index in [2.05, 4.69) is 6.58 Å². The molecule has 0 aromatic rings. The Bertz CT molecular complexity index is 233. The van der Waals surface area contributed by atoms with E-state index in [9.17, 15) is 4.79 Å². The fourth-order valence-electron chi connectivity index (χ4n) is 1.42. The molecule has 1 atom stereocenters. The number of likely N-dealkylation sites (N-methyl/N-ethyl adjacent to an activating group) is 1. The van der Waals surface area contributed by atoms with Crippen molar-refractivity contribution in [2.45, 2.75) is 26.3 Å². The Balaban J connectivity index is 5.31. The lowest BCUT2D eigenvalue weighted by atomic mass is 9.72. The predicted molar refractivity (Wildman–Crippen MR) is 58.1 cm³/mol. The van der Waals surface area contributed by atoms with Gasteiger partial charge in [0.15, 0.2) is 0 Å². The quantitative estimate of drug-likeness (QED) is 0.510. The van der Waals surface area contributed by atoms with Gasteiger partial charge in [-0.25, -0.2) is 0 Å². The van der Waals surface area contributed by atoms with Crippen LogP contribution in [0.25, 0.3) is 0 Å². The molecule has 3 nitrogen and oxygen atoms in total. The molecule has 0 aromatic carbocycles. The van der Waals surface area contributed by atoms with Crippen LogP contribution in [-0.2, 0) is 9.53 Å². The highest BCUT2D eigenvalue weighted by Crippen LogP contribution is 2.36. The standard InChI is InChI=1S/C11H21NO2/c1-8-10(2,3)11(4,12(5)6)9(13)14-7/h8H,1H2,2-7H3/t11-/m1/s1. The molecule has 0 aromatic heterocycles. The summed E-state index contributed by atoms with van der Waals surface area (Å²) >= 11 is 0. The van der Waals surface area contributed by atoms with Crippen molar-refractivity contribution in [2.24, 2.45) is 5.41 Å². The average Bonchev–Trinajstić information content (AvgIpc) is 2.14. The van der Waals surface area contributed by atoms with Crippen LogP contribution in [0.5, 0.6) is 0 Å². The highest BCUT2D eigenvalue weighted by Gasteiger charge is 2.48. The third kappa shape index (κ3) is 1.82. The Hall–Kier alpha value is -0.830. The maximum absolute atomic E-state index is 11.8. The van der Waals surface area contributed by atoms with Gasteiger partial charge in [0, 0.05) is 5.41 Å². The number of esters is 1. The van der Waals surface area contributed by atoms with E-state index in [1.165, 1.54) is 7.11 Å². The molecule has 3 heteroatoms. The van der Waals surface area contributed by atoms with Gasteiger partial charge in [0.25, 0.3) is 0 Å². The molecule has 0 saturated heterocycles. The van der Waals surface area contributed by atoms with E-state index >= 15 is 0 Å². The molecule has 0 rings (SSSR count). The second-order valence-electron chi connectivity index (χ2n) is 4.38. The zero-order chi connectivity index (χ0) is 11.6. The smallest absolute Gasteiger partial charge is 0.326 e. The number of nitrogens with zero attached hydrogens (tertiary/aromatic N) is 1. The minimum Gasteiger partial charge on any atom is -0.468 e. The molecular formula is C11H21NO2. The van der Waals surface area contributed by atoms with Gasteiger partial charge in [-0.05, 0) is 21.0 Å². The summed E-state index contributed by atoms with van der Waals surface area (Å²) in [5.41, 5.74) is -1.03. The first-order valence-corrected chi connectivity index (χ1v) is 4.63. The van der Waals surface area contributed by atoms with Crippen molar-refractivity contribution in [1.82, 2.24) is 4.90 Å². The monoisotopic (exact) mass is 199 g/mol. The second-order valence-corrected chi connectivity index (χ2v) is 4.38. The third-order valence-corrected chi connectivity index (χ3v) is 3.24. The molecule has 0 fully saturated rings. The van der Waals surface area contributed by atoms with Crippen LogP contribution in [0.15, 0.2) is 12.7 Å².